The van der Waals surface area contributed by atoms with Gasteiger partial charge in [-0.05, 0) is 6.42 Å². The highest BCUT2D eigenvalue weighted by Gasteiger charge is 2.46. The Morgan fingerprint density at radius 2 is 1.44 bits per heavy atom. The number of alkyl halides is 8. The molecule has 0 radical (unpaired) electrons. The van der Waals surface area contributed by atoms with Gasteiger partial charge in [-0.3, -0.25) is 0 Å². The van der Waals surface area contributed by atoms with E-state index in [1.54, 1.807) is 0 Å². The maximum atomic E-state index is 12.3. The summed E-state index contributed by atoms with van der Waals surface area (Å²) < 4.78 is 97.2. The Labute approximate surface area is 85.4 Å². The number of rotatable bonds is 5. The van der Waals surface area contributed by atoms with Gasteiger partial charge < -0.3 is 4.74 Å². The molecule has 2 atom stereocenters. The lowest BCUT2D eigenvalue weighted by Gasteiger charge is -2.16. The highest BCUT2D eigenvalue weighted by molar-refractivity contribution is 4.68. The van der Waals surface area contributed by atoms with Gasteiger partial charge in [0.25, 0.3) is 6.17 Å². The van der Waals surface area contributed by atoms with Gasteiger partial charge in [-0.25, -0.2) is 8.78 Å². The molecule has 16 heavy (non-hydrogen) atoms. The highest BCUT2D eigenvalue weighted by atomic mass is 19.4. The second kappa shape index (κ2) is 5.65. The maximum Gasteiger partial charge on any atom is 0.425 e. The van der Waals surface area contributed by atoms with Gasteiger partial charge in [0.15, 0.2) is 0 Å². The van der Waals surface area contributed by atoms with Crippen LogP contribution in [-0.4, -0.2) is 31.5 Å². The van der Waals surface area contributed by atoms with Gasteiger partial charge >= 0.3 is 12.4 Å². The molecule has 0 heterocycles. The molecule has 0 aliphatic rings. The minimum atomic E-state index is -5.43. The topological polar surface area (TPSA) is 9.23 Å². The maximum absolute atomic E-state index is 12.3. The average molecular weight is 260 g/mol. The van der Waals surface area contributed by atoms with E-state index < -0.39 is 44.3 Å². The predicted octanol–water partition coefficient (Wildman–Crippen LogP) is 3.54. The molecule has 98 valence electrons. The van der Waals surface area contributed by atoms with E-state index in [4.69, 9.17) is 0 Å². The van der Waals surface area contributed by atoms with Gasteiger partial charge in [-0.2, -0.15) is 26.3 Å². The minimum Gasteiger partial charge on any atom is -0.346 e. The van der Waals surface area contributed by atoms with Crippen LogP contribution in [0, 0.1) is 0 Å². The second-order valence-corrected chi connectivity index (χ2v) is 2.88. The zero-order valence-corrected chi connectivity index (χ0v) is 7.71. The molecule has 0 aromatic rings. The van der Waals surface area contributed by atoms with Crippen molar-refractivity contribution in [3.63, 3.8) is 0 Å². The Balaban J connectivity index is 3.78. The lowest BCUT2D eigenvalue weighted by molar-refractivity contribution is -0.237. The summed E-state index contributed by atoms with van der Waals surface area (Å²) in [5.41, 5.74) is 0. The van der Waals surface area contributed by atoms with Crippen LogP contribution < -0.4 is 0 Å². The SMILES string of the molecule is FC(OCCCC(F)(F)F)C(F)C(F)(F)F. The molecule has 2 unspecified atom stereocenters. The standard InChI is InChI=1S/C7H8F8O/c8-4(7(13,14)15)5(9)16-3-1-2-6(10,11)12/h4-5H,1-3H2. The third-order valence-electron chi connectivity index (χ3n) is 1.42. The molecular formula is C7H8F8O. The predicted molar refractivity (Wildman–Crippen MR) is 37.1 cm³/mol. The summed E-state index contributed by atoms with van der Waals surface area (Å²) in [4.78, 5) is 0. The summed E-state index contributed by atoms with van der Waals surface area (Å²) in [7, 11) is 0. The van der Waals surface area contributed by atoms with Crippen LogP contribution in [0.2, 0.25) is 0 Å². The lowest BCUT2D eigenvalue weighted by Crippen LogP contribution is -2.35. The quantitative estimate of drug-likeness (QED) is 0.542. The molecule has 0 N–H and O–H groups in total. The van der Waals surface area contributed by atoms with Crippen molar-refractivity contribution in [2.24, 2.45) is 0 Å². The number of ether oxygens (including phenoxy) is 1. The molecular weight excluding hydrogens is 252 g/mol. The monoisotopic (exact) mass is 260 g/mol. The first-order valence-electron chi connectivity index (χ1n) is 4.07. The number of halogens is 8. The third kappa shape index (κ3) is 6.81. The van der Waals surface area contributed by atoms with E-state index in [9.17, 15) is 35.1 Å². The number of hydrogen-bond donors (Lipinski definition) is 0. The molecule has 9 heteroatoms. The van der Waals surface area contributed by atoms with E-state index in [0.717, 1.165) is 0 Å². The average Bonchev–Trinajstić information content (AvgIpc) is 2.07. The van der Waals surface area contributed by atoms with Crippen molar-refractivity contribution in [1.82, 2.24) is 0 Å². The summed E-state index contributed by atoms with van der Waals surface area (Å²) in [6.45, 7) is -0.933. The van der Waals surface area contributed by atoms with Gasteiger partial charge in [0.2, 0.25) is 6.36 Å². The van der Waals surface area contributed by atoms with Gasteiger partial charge in [0.1, 0.15) is 0 Å². The molecule has 0 aliphatic heterocycles. The van der Waals surface area contributed by atoms with Crippen molar-refractivity contribution in [3.8, 4) is 0 Å². The Hall–Kier alpha value is -0.600. The molecule has 0 aromatic heterocycles. The first-order valence-corrected chi connectivity index (χ1v) is 4.07. The normalized spacial score (nSPS) is 17.2. The highest BCUT2D eigenvalue weighted by Crippen LogP contribution is 2.28. The van der Waals surface area contributed by atoms with E-state index in [0.29, 0.717) is 0 Å². The van der Waals surface area contributed by atoms with Crippen molar-refractivity contribution >= 4 is 0 Å². The van der Waals surface area contributed by atoms with Crippen molar-refractivity contribution in [3.05, 3.63) is 0 Å². The fourth-order valence-corrected chi connectivity index (χ4v) is 0.702. The Kier molecular flexibility index (Phi) is 5.43. The summed E-state index contributed by atoms with van der Waals surface area (Å²) in [5, 5.41) is 0. The van der Waals surface area contributed by atoms with Gasteiger partial charge in [0.05, 0.1) is 6.61 Å². The van der Waals surface area contributed by atoms with Crippen LogP contribution in [0.5, 0.6) is 0 Å². The molecule has 0 saturated carbocycles. The van der Waals surface area contributed by atoms with Gasteiger partial charge in [-0.15, -0.1) is 0 Å². The first kappa shape index (κ1) is 15.4. The number of hydrogen-bond acceptors (Lipinski definition) is 1. The minimum absolute atomic E-state index is 0.728. The van der Waals surface area contributed by atoms with Crippen molar-refractivity contribution in [2.75, 3.05) is 6.61 Å². The first-order chi connectivity index (χ1) is 7.04. The Morgan fingerprint density at radius 1 is 0.938 bits per heavy atom. The van der Waals surface area contributed by atoms with E-state index in [-0.39, 0.29) is 0 Å². The zero-order chi connectivity index (χ0) is 13.0. The molecule has 0 aliphatic carbocycles. The molecule has 0 amide bonds. The van der Waals surface area contributed by atoms with Gasteiger partial charge in [-0.1, -0.05) is 0 Å². The summed E-state index contributed by atoms with van der Waals surface area (Å²) in [5.74, 6) is 0. The molecule has 0 fully saturated rings. The van der Waals surface area contributed by atoms with E-state index in [1.165, 1.54) is 0 Å². The second-order valence-electron chi connectivity index (χ2n) is 2.88. The summed E-state index contributed by atoms with van der Waals surface area (Å²) in [6.07, 6.45) is -19.1. The fraction of sp³-hybridized carbons (Fsp3) is 1.00. The summed E-state index contributed by atoms with van der Waals surface area (Å²) in [6, 6.07) is 0. The molecule has 0 rings (SSSR count). The molecule has 1 nitrogen and oxygen atoms in total. The van der Waals surface area contributed by atoms with E-state index in [1.807, 2.05) is 0 Å². The van der Waals surface area contributed by atoms with Crippen LogP contribution in [0.15, 0.2) is 0 Å². The molecule has 0 saturated heterocycles. The van der Waals surface area contributed by atoms with Crippen LogP contribution in [0.3, 0.4) is 0 Å². The van der Waals surface area contributed by atoms with Crippen molar-refractivity contribution in [2.45, 2.75) is 37.7 Å². The van der Waals surface area contributed by atoms with Crippen molar-refractivity contribution < 1.29 is 39.9 Å². The smallest absolute Gasteiger partial charge is 0.346 e. The van der Waals surface area contributed by atoms with Gasteiger partial charge in [0, 0.05) is 6.42 Å². The van der Waals surface area contributed by atoms with E-state index >= 15 is 0 Å². The molecule has 0 aromatic carbocycles. The zero-order valence-electron chi connectivity index (χ0n) is 7.71. The van der Waals surface area contributed by atoms with Crippen LogP contribution in [0.4, 0.5) is 35.1 Å². The van der Waals surface area contributed by atoms with Crippen LogP contribution in [0.25, 0.3) is 0 Å². The van der Waals surface area contributed by atoms with Crippen LogP contribution in [-0.2, 0) is 4.74 Å². The fourth-order valence-electron chi connectivity index (χ4n) is 0.702. The third-order valence-corrected chi connectivity index (χ3v) is 1.42. The largest absolute Gasteiger partial charge is 0.425 e. The Bertz CT molecular complexity index is 198. The van der Waals surface area contributed by atoms with Crippen LogP contribution >= 0.6 is 0 Å². The van der Waals surface area contributed by atoms with Crippen molar-refractivity contribution in [1.29, 1.82) is 0 Å². The van der Waals surface area contributed by atoms with Crippen LogP contribution in [0.1, 0.15) is 12.8 Å². The summed E-state index contributed by atoms with van der Waals surface area (Å²) >= 11 is 0. The van der Waals surface area contributed by atoms with E-state index in [2.05, 4.69) is 4.74 Å². The molecule has 0 bridgehead atoms. The Morgan fingerprint density at radius 3 is 1.81 bits per heavy atom. The lowest BCUT2D eigenvalue weighted by atomic mass is 10.3. The molecule has 0 spiro atoms.